The van der Waals surface area contributed by atoms with Gasteiger partial charge < -0.3 is 0 Å². The molecule has 2 saturated carbocycles. The zero-order chi connectivity index (χ0) is 9.53. The fourth-order valence-corrected chi connectivity index (χ4v) is 2.64. The van der Waals surface area contributed by atoms with Crippen LogP contribution in [0.25, 0.3) is 0 Å². The Morgan fingerprint density at radius 2 is 1.62 bits per heavy atom. The molecule has 0 radical (unpaired) electrons. The van der Waals surface area contributed by atoms with Crippen LogP contribution in [0.1, 0.15) is 44.9 Å². The summed E-state index contributed by atoms with van der Waals surface area (Å²) in [6.07, 6.45) is 2.74. The van der Waals surface area contributed by atoms with Crippen LogP contribution in [0.4, 0.5) is 8.78 Å². The van der Waals surface area contributed by atoms with Gasteiger partial charge in [0, 0.05) is 6.42 Å². The average molecular weight is 188 g/mol. The zero-order valence-corrected chi connectivity index (χ0v) is 7.61. The van der Waals surface area contributed by atoms with Crippen molar-refractivity contribution in [1.29, 1.82) is 0 Å². The van der Waals surface area contributed by atoms with E-state index >= 15 is 0 Å². The van der Waals surface area contributed by atoms with E-state index in [2.05, 4.69) is 0 Å². The Kier molecular flexibility index (Phi) is 1.93. The fourth-order valence-electron chi connectivity index (χ4n) is 2.64. The van der Waals surface area contributed by atoms with Gasteiger partial charge in [-0.15, -0.1) is 0 Å². The van der Waals surface area contributed by atoms with Gasteiger partial charge in [0.1, 0.15) is 0 Å². The molecule has 0 N–H and O–H groups in total. The molecule has 3 heteroatoms. The standard InChI is InChI=1S/C10H14F2O/c11-9(5-1-2-6-9)10(12)7-3-4-8(10)13/h1-7H2. The fraction of sp³-hybridized carbons (Fsp3) is 0.900. The Morgan fingerprint density at radius 1 is 1.00 bits per heavy atom. The van der Waals surface area contributed by atoms with Gasteiger partial charge in [0.15, 0.2) is 11.5 Å². The van der Waals surface area contributed by atoms with Gasteiger partial charge in [-0.3, -0.25) is 4.79 Å². The van der Waals surface area contributed by atoms with Gasteiger partial charge >= 0.3 is 0 Å². The van der Waals surface area contributed by atoms with E-state index in [1.54, 1.807) is 0 Å². The van der Waals surface area contributed by atoms with Crippen molar-refractivity contribution >= 4 is 5.78 Å². The molecule has 1 nitrogen and oxygen atoms in total. The quantitative estimate of drug-likeness (QED) is 0.618. The van der Waals surface area contributed by atoms with E-state index in [-0.39, 0.29) is 25.7 Å². The summed E-state index contributed by atoms with van der Waals surface area (Å²) in [5.74, 6) is -0.503. The number of halogens is 2. The lowest BCUT2D eigenvalue weighted by Crippen LogP contribution is -2.48. The van der Waals surface area contributed by atoms with Gasteiger partial charge in [-0.1, -0.05) is 12.8 Å². The van der Waals surface area contributed by atoms with Gasteiger partial charge in [-0.25, -0.2) is 8.78 Å². The van der Waals surface area contributed by atoms with Crippen LogP contribution in [0.5, 0.6) is 0 Å². The number of hydrogen-bond acceptors (Lipinski definition) is 1. The number of Topliss-reactive ketones (excluding diaryl/α,β-unsaturated/α-hetero) is 1. The van der Waals surface area contributed by atoms with E-state index in [1.807, 2.05) is 0 Å². The van der Waals surface area contributed by atoms with Crippen molar-refractivity contribution in [2.24, 2.45) is 0 Å². The molecular weight excluding hydrogens is 174 g/mol. The van der Waals surface area contributed by atoms with Crippen molar-refractivity contribution in [3.8, 4) is 0 Å². The Hall–Kier alpha value is -0.470. The number of carbonyl (C=O) groups is 1. The molecule has 0 aliphatic heterocycles. The van der Waals surface area contributed by atoms with Crippen molar-refractivity contribution in [2.75, 3.05) is 0 Å². The van der Waals surface area contributed by atoms with Gasteiger partial charge in [-0.05, 0) is 25.7 Å². The third-order valence-corrected chi connectivity index (χ3v) is 3.47. The average Bonchev–Trinajstić information content (AvgIpc) is 2.63. The predicted molar refractivity (Wildman–Crippen MR) is 45.0 cm³/mol. The molecule has 0 spiro atoms. The van der Waals surface area contributed by atoms with Gasteiger partial charge in [0.05, 0.1) is 0 Å². The Labute approximate surface area is 76.5 Å². The molecule has 0 aromatic heterocycles. The summed E-state index contributed by atoms with van der Waals surface area (Å²) < 4.78 is 28.1. The van der Waals surface area contributed by atoms with E-state index in [1.165, 1.54) is 0 Å². The van der Waals surface area contributed by atoms with Gasteiger partial charge in [0.2, 0.25) is 5.67 Å². The van der Waals surface area contributed by atoms with Crippen molar-refractivity contribution < 1.29 is 13.6 Å². The first-order valence-corrected chi connectivity index (χ1v) is 5.00. The number of ketones is 1. The molecule has 2 fully saturated rings. The van der Waals surface area contributed by atoms with Crippen molar-refractivity contribution in [1.82, 2.24) is 0 Å². The lowest BCUT2D eigenvalue weighted by Gasteiger charge is -2.31. The molecule has 13 heavy (non-hydrogen) atoms. The number of rotatable bonds is 1. The van der Waals surface area contributed by atoms with Crippen LogP contribution in [0.2, 0.25) is 0 Å². The van der Waals surface area contributed by atoms with Crippen LogP contribution >= 0.6 is 0 Å². The van der Waals surface area contributed by atoms with E-state index in [9.17, 15) is 13.6 Å². The summed E-state index contributed by atoms with van der Waals surface area (Å²) in [6, 6.07) is 0. The SMILES string of the molecule is O=C1CCCC1(F)C1(F)CCCC1. The molecule has 74 valence electrons. The lowest BCUT2D eigenvalue weighted by atomic mass is 9.82. The molecule has 2 aliphatic carbocycles. The molecule has 0 saturated heterocycles. The molecule has 2 rings (SSSR count). The normalized spacial score (nSPS) is 38.5. The zero-order valence-electron chi connectivity index (χ0n) is 7.61. The number of alkyl halides is 2. The smallest absolute Gasteiger partial charge is 0.202 e. The highest BCUT2D eigenvalue weighted by molar-refractivity contribution is 5.90. The largest absolute Gasteiger partial charge is 0.296 e. The van der Waals surface area contributed by atoms with Crippen molar-refractivity contribution in [2.45, 2.75) is 56.3 Å². The minimum Gasteiger partial charge on any atom is -0.296 e. The Balaban J connectivity index is 2.26. The summed E-state index contributed by atoms with van der Waals surface area (Å²) in [5.41, 5.74) is -3.97. The highest BCUT2D eigenvalue weighted by Gasteiger charge is 2.60. The predicted octanol–water partition coefficient (Wildman–Crippen LogP) is 2.73. The minimum atomic E-state index is -2.14. The second-order valence-electron chi connectivity index (χ2n) is 4.25. The van der Waals surface area contributed by atoms with Crippen molar-refractivity contribution in [3.63, 3.8) is 0 Å². The molecule has 2 aliphatic rings. The first-order chi connectivity index (χ1) is 6.08. The Bertz CT molecular complexity index is 233. The second kappa shape index (κ2) is 2.76. The van der Waals surface area contributed by atoms with Gasteiger partial charge in [-0.2, -0.15) is 0 Å². The maximum Gasteiger partial charge on any atom is 0.202 e. The van der Waals surface area contributed by atoms with E-state index in [4.69, 9.17) is 0 Å². The molecular formula is C10H14F2O. The maximum atomic E-state index is 14.1. The second-order valence-corrected chi connectivity index (χ2v) is 4.25. The Morgan fingerprint density at radius 3 is 2.08 bits per heavy atom. The summed E-state index contributed by atoms with van der Waals surface area (Å²) in [5, 5.41) is 0. The van der Waals surface area contributed by atoms with Crippen LogP contribution < -0.4 is 0 Å². The summed E-state index contributed by atoms with van der Waals surface area (Å²) >= 11 is 0. The summed E-state index contributed by atoms with van der Waals surface area (Å²) in [6.45, 7) is 0. The number of hydrogen-bond donors (Lipinski definition) is 0. The van der Waals surface area contributed by atoms with Crippen LogP contribution in [0.3, 0.4) is 0 Å². The molecule has 1 unspecified atom stereocenters. The van der Waals surface area contributed by atoms with Crippen molar-refractivity contribution in [3.05, 3.63) is 0 Å². The monoisotopic (exact) mass is 188 g/mol. The molecule has 0 bridgehead atoms. The topological polar surface area (TPSA) is 17.1 Å². The van der Waals surface area contributed by atoms with Crippen LogP contribution in [0.15, 0.2) is 0 Å². The first kappa shape index (κ1) is 9.10. The highest BCUT2D eigenvalue weighted by atomic mass is 19.2. The lowest BCUT2D eigenvalue weighted by molar-refractivity contribution is -0.138. The maximum absolute atomic E-state index is 14.1. The van der Waals surface area contributed by atoms with E-state index < -0.39 is 17.1 Å². The van der Waals surface area contributed by atoms with E-state index in [0.29, 0.717) is 6.42 Å². The van der Waals surface area contributed by atoms with Gasteiger partial charge in [0.25, 0.3) is 0 Å². The summed E-state index contributed by atoms with van der Waals surface area (Å²) in [7, 11) is 0. The molecule has 0 aromatic rings. The molecule has 0 aromatic carbocycles. The third kappa shape index (κ3) is 1.12. The summed E-state index contributed by atoms with van der Waals surface area (Å²) in [4.78, 5) is 11.3. The molecule has 1 atom stereocenters. The third-order valence-electron chi connectivity index (χ3n) is 3.47. The molecule has 0 heterocycles. The molecule has 0 amide bonds. The van der Waals surface area contributed by atoms with Crippen LogP contribution in [-0.4, -0.2) is 17.1 Å². The highest BCUT2D eigenvalue weighted by Crippen LogP contribution is 2.50. The number of carbonyl (C=O) groups excluding carboxylic acids is 1. The van der Waals surface area contributed by atoms with E-state index in [0.717, 1.165) is 12.8 Å². The van der Waals surface area contributed by atoms with Crippen LogP contribution in [0, 0.1) is 0 Å². The minimum absolute atomic E-state index is 0.0995. The van der Waals surface area contributed by atoms with Crippen LogP contribution in [-0.2, 0) is 4.79 Å². The first-order valence-electron chi connectivity index (χ1n) is 5.00.